The molecule has 0 saturated heterocycles. The van der Waals surface area contributed by atoms with E-state index in [9.17, 15) is 14.0 Å². The molecule has 2 aromatic carbocycles. The summed E-state index contributed by atoms with van der Waals surface area (Å²) in [5.41, 5.74) is 1.21. The second-order valence-electron chi connectivity index (χ2n) is 5.53. The minimum atomic E-state index is -0.444. The van der Waals surface area contributed by atoms with Crippen LogP contribution in [0.25, 0.3) is 0 Å². The molecule has 0 heterocycles. The van der Waals surface area contributed by atoms with Crippen molar-refractivity contribution < 1.29 is 18.7 Å². The smallest absolute Gasteiger partial charge is 0.254 e. The fraction of sp³-hybridized carbons (Fsp3) is 0.263. The fourth-order valence-corrected chi connectivity index (χ4v) is 2.35. The zero-order valence-electron chi connectivity index (χ0n) is 14.5. The van der Waals surface area contributed by atoms with E-state index in [2.05, 4.69) is 5.32 Å². The maximum atomic E-state index is 13.7. The van der Waals surface area contributed by atoms with Crippen molar-refractivity contribution in [3.8, 4) is 5.75 Å². The van der Waals surface area contributed by atoms with Crippen molar-refractivity contribution in [2.45, 2.75) is 13.8 Å². The maximum Gasteiger partial charge on any atom is 0.254 e. The topological polar surface area (TPSA) is 58.6 Å². The number of likely N-dealkylation sites (N-methyl/N-ethyl adjacent to an activating group) is 1. The van der Waals surface area contributed by atoms with Crippen LogP contribution >= 0.6 is 0 Å². The lowest BCUT2D eigenvalue weighted by molar-refractivity contribution is -0.116. The van der Waals surface area contributed by atoms with Crippen LogP contribution in [0.1, 0.15) is 22.8 Å². The first-order valence-corrected chi connectivity index (χ1v) is 7.94. The van der Waals surface area contributed by atoms with Crippen LogP contribution in [0.5, 0.6) is 5.75 Å². The molecule has 0 radical (unpaired) electrons. The Balaban J connectivity index is 2.09. The van der Waals surface area contributed by atoms with E-state index in [0.29, 0.717) is 23.5 Å². The van der Waals surface area contributed by atoms with Crippen molar-refractivity contribution >= 4 is 17.5 Å². The molecule has 0 atom stereocenters. The minimum Gasteiger partial charge on any atom is -0.495 e. The quantitative estimate of drug-likeness (QED) is 0.875. The van der Waals surface area contributed by atoms with Gasteiger partial charge in [-0.1, -0.05) is 18.2 Å². The summed E-state index contributed by atoms with van der Waals surface area (Å²) >= 11 is 0. The molecular weight excluding hydrogens is 323 g/mol. The largest absolute Gasteiger partial charge is 0.495 e. The van der Waals surface area contributed by atoms with Crippen LogP contribution in [-0.2, 0) is 4.79 Å². The van der Waals surface area contributed by atoms with Gasteiger partial charge in [-0.05, 0) is 43.7 Å². The first-order chi connectivity index (χ1) is 12.0. The lowest BCUT2D eigenvalue weighted by atomic mass is 10.1. The molecule has 0 spiro atoms. The van der Waals surface area contributed by atoms with E-state index < -0.39 is 11.7 Å². The molecule has 25 heavy (non-hydrogen) atoms. The van der Waals surface area contributed by atoms with Gasteiger partial charge in [-0.2, -0.15) is 0 Å². The first kappa shape index (κ1) is 18.4. The summed E-state index contributed by atoms with van der Waals surface area (Å²) in [5.74, 6) is -0.657. The highest BCUT2D eigenvalue weighted by molar-refractivity contribution is 5.99. The number of benzene rings is 2. The molecule has 0 fully saturated rings. The minimum absolute atomic E-state index is 0.136. The summed E-state index contributed by atoms with van der Waals surface area (Å²) in [5, 5.41) is 2.72. The van der Waals surface area contributed by atoms with Crippen molar-refractivity contribution in [2.24, 2.45) is 0 Å². The zero-order chi connectivity index (χ0) is 18.4. The number of carbonyl (C=O) groups excluding carboxylic acids is 2. The van der Waals surface area contributed by atoms with Crippen molar-refractivity contribution in [1.29, 1.82) is 0 Å². The molecule has 0 aliphatic heterocycles. The number of rotatable bonds is 6. The van der Waals surface area contributed by atoms with Gasteiger partial charge in [-0.15, -0.1) is 0 Å². The Labute approximate surface area is 146 Å². The number of hydrogen-bond donors (Lipinski definition) is 1. The van der Waals surface area contributed by atoms with Gasteiger partial charge in [0.15, 0.2) is 0 Å². The summed E-state index contributed by atoms with van der Waals surface area (Å²) in [6.07, 6.45) is 0. The zero-order valence-corrected chi connectivity index (χ0v) is 14.5. The Morgan fingerprint density at radius 1 is 1.20 bits per heavy atom. The highest BCUT2D eigenvalue weighted by Crippen LogP contribution is 2.23. The summed E-state index contributed by atoms with van der Waals surface area (Å²) in [4.78, 5) is 26.1. The summed E-state index contributed by atoms with van der Waals surface area (Å²) < 4.78 is 18.9. The van der Waals surface area contributed by atoms with E-state index in [0.717, 1.165) is 0 Å². The highest BCUT2D eigenvalue weighted by Gasteiger charge is 2.19. The Kier molecular flexibility index (Phi) is 6.11. The average molecular weight is 344 g/mol. The molecule has 0 aliphatic carbocycles. The Morgan fingerprint density at radius 3 is 2.56 bits per heavy atom. The third kappa shape index (κ3) is 4.56. The second kappa shape index (κ2) is 8.28. The number of nitrogens with zero attached hydrogens (tertiary/aromatic N) is 1. The van der Waals surface area contributed by atoms with Crippen LogP contribution in [0, 0.1) is 12.7 Å². The fourth-order valence-electron chi connectivity index (χ4n) is 2.35. The molecule has 2 rings (SSSR count). The number of methoxy groups -OCH3 is 1. The summed E-state index contributed by atoms with van der Waals surface area (Å²) in [6.45, 7) is 3.58. The van der Waals surface area contributed by atoms with E-state index in [1.165, 1.54) is 18.1 Å². The van der Waals surface area contributed by atoms with Crippen LogP contribution in [0.4, 0.5) is 10.1 Å². The lowest BCUT2D eigenvalue weighted by Crippen LogP contribution is -2.38. The van der Waals surface area contributed by atoms with E-state index in [4.69, 9.17) is 4.74 Å². The van der Waals surface area contributed by atoms with E-state index in [1.807, 2.05) is 0 Å². The number of nitrogens with one attached hydrogen (secondary N) is 1. The van der Waals surface area contributed by atoms with Crippen molar-refractivity contribution in [2.75, 3.05) is 25.5 Å². The molecule has 5 nitrogen and oxygen atoms in total. The predicted molar refractivity (Wildman–Crippen MR) is 94.3 cm³/mol. The van der Waals surface area contributed by atoms with Crippen LogP contribution < -0.4 is 10.1 Å². The number of aryl methyl sites for hydroxylation is 1. The van der Waals surface area contributed by atoms with E-state index in [1.54, 1.807) is 50.2 Å². The first-order valence-electron chi connectivity index (χ1n) is 7.94. The third-order valence-electron chi connectivity index (χ3n) is 3.80. The molecule has 0 bridgehead atoms. The number of amides is 2. The Hall–Kier alpha value is -2.89. The highest BCUT2D eigenvalue weighted by atomic mass is 19.1. The molecular formula is C19H21FN2O3. The number of halogens is 1. The number of anilines is 1. The van der Waals surface area contributed by atoms with Gasteiger partial charge in [0, 0.05) is 12.1 Å². The average Bonchev–Trinajstić information content (AvgIpc) is 2.61. The molecule has 2 amide bonds. The van der Waals surface area contributed by atoms with Crippen molar-refractivity contribution in [3.63, 3.8) is 0 Å². The molecule has 6 heteroatoms. The molecule has 1 N–H and O–H groups in total. The molecule has 0 saturated carbocycles. The van der Waals surface area contributed by atoms with Crippen LogP contribution in [0.3, 0.4) is 0 Å². The number of para-hydroxylation sites is 2. The van der Waals surface area contributed by atoms with Gasteiger partial charge < -0.3 is 15.0 Å². The molecule has 132 valence electrons. The molecule has 0 aromatic heterocycles. The lowest BCUT2D eigenvalue weighted by Gasteiger charge is -2.21. The summed E-state index contributed by atoms with van der Waals surface area (Å²) in [7, 11) is 1.51. The van der Waals surface area contributed by atoms with Crippen LogP contribution in [-0.4, -0.2) is 36.9 Å². The molecule has 2 aromatic rings. The Morgan fingerprint density at radius 2 is 1.92 bits per heavy atom. The monoisotopic (exact) mass is 344 g/mol. The van der Waals surface area contributed by atoms with Gasteiger partial charge in [0.25, 0.3) is 5.91 Å². The standard InChI is InChI=1S/C19H21FN2O3/c1-4-22(19(24)14-10-9-13(2)15(20)11-14)12-18(23)21-16-7-5-6-8-17(16)25-3/h5-11H,4,12H2,1-3H3,(H,21,23). The van der Waals surface area contributed by atoms with Gasteiger partial charge in [0.05, 0.1) is 12.8 Å². The van der Waals surface area contributed by atoms with E-state index >= 15 is 0 Å². The summed E-state index contributed by atoms with van der Waals surface area (Å²) in [6, 6.07) is 11.3. The normalized spacial score (nSPS) is 10.2. The number of ether oxygens (including phenoxy) is 1. The SMILES string of the molecule is CCN(CC(=O)Nc1ccccc1OC)C(=O)c1ccc(C)c(F)c1. The van der Waals surface area contributed by atoms with Gasteiger partial charge in [0.2, 0.25) is 5.91 Å². The van der Waals surface area contributed by atoms with Gasteiger partial charge in [-0.25, -0.2) is 4.39 Å². The van der Waals surface area contributed by atoms with Gasteiger partial charge in [-0.3, -0.25) is 9.59 Å². The predicted octanol–water partition coefficient (Wildman–Crippen LogP) is 3.24. The molecule has 0 aliphatic rings. The Bertz CT molecular complexity index is 777. The molecule has 0 unspecified atom stereocenters. The van der Waals surface area contributed by atoms with Gasteiger partial charge in [0.1, 0.15) is 18.1 Å². The van der Waals surface area contributed by atoms with Crippen LogP contribution in [0.2, 0.25) is 0 Å². The van der Waals surface area contributed by atoms with Crippen molar-refractivity contribution in [3.05, 3.63) is 59.4 Å². The van der Waals surface area contributed by atoms with Gasteiger partial charge >= 0.3 is 0 Å². The third-order valence-corrected chi connectivity index (χ3v) is 3.80. The number of hydrogen-bond acceptors (Lipinski definition) is 3. The maximum absolute atomic E-state index is 13.7. The van der Waals surface area contributed by atoms with Crippen LogP contribution in [0.15, 0.2) is 42.5 Å². The second-order valence-corrected chi connectivity index (χ2v) is 5.53. The van der Waals surface area contributed by atoms with Crippen molar-refractivity contribution in [1.82, 2.24) is 4.90 Å². The van der Waals surface area contributed by atoms with E-state index in [-0.39, 0.29) is 18.0 Å². The number of carbonyl (C=O) groups is 2.